The molecule has 0 aromatic heterocycles. The van der Waals surface area contributed by atoms with E-state index in [1.807, 2.05) is 0 Å². The van der Waals surface area contributed by atoms with Gasteiger partial charge in [-0.25, -0.2) is 4.79 Å². The van der Waals surface area contributed by atoms with Crippen molar-refractivity contribution >= 4 is 5.97 Å². The molecule has 0 heterocycles. The standard InChI is InChI=1S/C10H17NO2/c1-13-10(12)6-8-11-7-2-3-9-4-5-9/h6,8-9,11H,2-5,7H2,1H3/b8-6+. The highest BCUT2D eigenvalue weighted by Gasteiger charge is 2.19. The van der Waals surface area contributed by atoms with Crippen LogP contribution in [0.15, 0.2) is 12.3 Å². The number of hydrogen-bond donors (Lipinski definition) is 1. The van der Waals surface area contributed by atoms with Crippen molar-refractivity contribution in [3.8, 4) is 0 Å². The second-order valence-corrected chi connectivity index (χ2v) is 3.40. The van der Waals surface area contributed by atoms with Gasteiger partial charge in [-0.3, -0.25) is 0 Å². The van der Waals surface area contributed by atoms with E-state index in [-0.39, 0.29) is 5.97 Å². The summed E-state index contributed by atoms with van der Waals surface area (Å²) < 4.78 is 4.44. The van der Waals surface area contributed by atoms with Crippen LogP contribution in [0.2, 0.25) is 0 Å². The van der Waals surface area contributed by atoms with Gasteiger partial charge in [-0.05, 0) is 18.8 Å². The minimum absolute atomic E-state index is 0.310. The second kappa shape index (κ2) is 5.62. The fraction of sp³-hybridized carbons (Fsp3) is 0.700. The molecular formula is C10H17NO2. The minimum Gasteiger partial charge on any atom is -0.466 e. The Bertz CT molecular complexity index is 185. The largest absolute Gasteiger partial charge is 0.466 e. The van der Waals surface area contributed by atoms with Crippen LogP contribution >= 0.6 is 0 Å². The van der Waals surface area contributed by atoms with Crippen LogP contribution in [0.3, 0.4) is 0 Å². The fourth-order valence-electron chi connectivity index (χ4n) is 1.18. The molecule has 1 rings (SSSR count). The molecule has 1 N–H and O–H groups in total. The molecule has 0 amide bonds. The summed E-state index contributed by atoms with van der Waals surface area (Å²) in [6, 6.07) is 0. The Labute approximate surface area is 79.2 Å². The van der Waals surface area contributed by atoms with Gasteiger partial charge in [-0.1, -0.05) is 12.8 Å². The van der Waals surface area contributed by atoms with Gasteiger partial charge in [-0.2, -0.15) is 0 Å². The molecule has 0 radical (unpaired) electrons. The van der Waals surface area contributed by atoms with Crippen LogP contribution in [0.5, 0.6) is 0 Å². The summed E-state index contributed by atoms with van der Waals surface area (Å²) in [6.45, 7) is 0.948. The van der Waals surface area contributed by atoms with Gasteiger partial charge in [0.25, 0.3) is 0 Å². The fourth-order valence-corrected chi connectivity index (χ4v) is 1.18. The van der Waals surface area contributed by atoms with E-state index in [1.54, 1.807) is 6.20 Å². The third-order valence-corrected chi connectivity index (χ3v) is 2.17. The van der Waals surface area contributed by atoms with Gasteiger partial charge in [0.05, 0.1) is 7.11 Å². The van der Waals surface area contributed by atoms with Crippen molar-refractivity contribution in [1.29, 1.82) is 0 Å². The molecule has 0 aromatic carbocycles. The average Bonchev–Trinajstić information content (AvgIpc) is 2.94. The Morgan fingerprint density at radius 1 is 1.62 bits per heavy atom. The van der Waals surface area contributed by atoms with Crippen LogP contribution in [-0.4, -0.2) is 19.6 Å². The van der Waals surface area contributed by atoms with Gasteiger partial charge >= 0.3 is 5.97 Å². The summed E-state index contributed by atoms with van der Waals surface area (Å²) in [6.07, 6.45) is 8.39. The molecule has 74 valence electrons. The Morgan fingerprint density at radius 3 is 3.00 bits per heavy atom. The quantitative estimate of drug-likeness (QED) is 0.385. The highest BCUT2D eigenvalue weighted by atomic mass is 16.5. The van der Waals surface area contributed by atoms with E-state index in [1.165, 1.54) is 38.9 Å². The third kappa shape index (κ3) is 5.28. The summed E-state index contributed by atoms with van der Waals surface area (Å²) in [4.78, 5) is 10.6. The molecule has 0 unspecified atom stereocenters. The Kier molecular flexibility index (Phi) is 4.36. The third-order valence-electron chi connectivity index (χ3n) is 2.17. The number of ether oxygens (including phenoxy) is 1. The first-order valence-electron chi connectivity index (χ1n) is 4.81. The van der Waals surface area contributed by atoms with Crippen LogP contribution in [0.4, 0.5) is 0 Å². The zero-order valence-corrected chi connectivity index (χ0v) is 8.08. The first-order valence-corrected chi connectivity index (χ1v) is 4.81. The van der Waals surface area contributed by atoms with Crippen molar-refractivity contribution in [3.63, 3.8) is 0 Å². The van der Waals surface area contributed by atoms with Crippen molar-refractivity contribution in [1.82, 2.24) is 5.32 Å². The van der Waals surface area contributed by atoms with Crippen molar-refractivity contribution < 1.29 is 9.53 Å². The van der Waals surface area contributed by atoms with Crippen LogP contribution < -0.4 is 5.32 Å². The molecule has 1 fully saturated rings. The lowest BCUT2D eigenvalue weighted by Crippen LogP contribution is -2.08. The summed E-state index contributed by atoms with van der Waals surface area (Å²) >= 11 is 0. The Hall–Kier alpha value is -0.990. The first kappa shape index (κ1) is 10.1. The number of nitrogens with one attached hydrogen (secondary N) is 1. The van der Waals surface area contributed by atoms with Gasteiger partial charge in [0.15, 0.2) is 0 Å². The van der Waals surface area contributed by atoms with Gasteiger partial charge in [0.1, 0.15) is 0 Å². The topological polar surface area (TPSA) is 38.3 Å². The van der Waals surface area contributed by atoms with Crippen LogP contribution in [0.25, 0.3) is 0 Å². The highest BCUT2D eigenvalue weighted by molar-refractivity contribution is 5.81. The zero-order valence-electron chi connectivity index (χ0n) is 8.08. The molecule has 0 spiro atoms. The number of rotatable bonds is 6. The normalized spacial score (nSPS) is 16.1. The molecule has 0 aliphatic heterocycles. The monoisotopic (exact) mass is 183 g/mol. The lowest BCUT2D eigenvalue weighted by Gasteiger charge is -1.98. The van der Waals surface area contributed by atoms with Gasteiger partial charge in [-0.15, -0.1) is 0 Å². The molecule has 0 bridgehead atoms. The highest BCUT2D eigenvalue weighted by Crippen LogP contribution is 2.33. The van der Waals surface area contributed by atoms with Gasteiger partial charge < -0.3 is 10.1 Å². The first-order chi connectivity index (χ1) is 6.33. The van der Waals surface area contributed by atoms with Crippen molar-refractivity contribution in [2.75, 3.05) is 13.7 Å². The van der Waals surface area contributed by atoms with Crippen molar-refractivity contribution in [2.24, 2.45) is 5.92 Å². The maximum atomic E-state index is 10.6. The molecule has 0 saturated heterocycles. The number of carbonyl (C=O) groups excluding carboxylic acids is 1. The lowest BCUT2D eigenvalue weighted by molar-refractivity contribution is -0.134. The van der Waals surface area contributed by atoms with E-state index in [0.717, 1.165) is 12.5 Å². The SMILES string of the molecule is COC(=O)/C=C/NCCCC1CC1. The molecule has 0 atom stereocenters. The number of esters is 1. The molecule has 1 saturated carbocycles. The predicted octanol–water partition coefficient (Wildman–Crippen LogP) is 1.45. The molecule has 3 heteroatoms. The summed E-state index contributed by atoms with van der Waals surface area (Å²) in [5.41, 5.74) is 0. The van der Waals surface area contributed by atoms with E-state index in [4.69, 9.17) is 0 Å². The van der Waals surface area contributed by atoms with E-state index < -0.39 is 0 Å². The number of hydrogen-bond acceptors (Lipinski definition) is 3. The second-order valence-electron chi connectivity index (χ2n) is 3.40. The molecule has 13 heavy (non-hydrogen) atoms. The number of carbonyl (C=O) groups is 1. The minimum atomic E-state index is -0.310. The van der Waals surface area contributed by atoms with Gasteiger partial charge in [0, 0.05) is 18.8 Å². The molecule has 3 nitrogen and oxygen atoms in total. The summed E-state index contributed by atoms with van der Waals surface area (Å²) in [5, 5.41) is 3.05. The zero-order chi connectivity index (χ0) is 9.52. The molecular weight excluding hydrogens is 166 g/mol. The summed E-state index contributed by atoms with van der Waals surface area (Å²) in [7, 11) is 1.37. The van der Waals surface area contributed by atoms with E-state index in [9.17, 15) is 4.79 Å². The van der Waals surface area contributed by atoms with Crippen LogP contribution in [0, 0.1) is 5.92 Å². The maximum Gasteiger partial charge on any atom is 0.331 e. The molecule has 0 aromatic rings. The van der Waals surface area contributed by atoms with Crippen molar-refractivity contribution in [2.45, 2.75) is 25.7 Å². The molecule has 1 aliphatic rings. The van der Waals surface area contributed by atoms with Crippen molar-refractivity contribution in [3.05, 3.63) is 12.3 Å². The smallest absolute Gasteiger partial charge is 0.331 e. The lowest BCUT2D eigenvalue weighted by atomic mass is 10.2. The van der Waals surface area contributed by atoms with E-state index in [2.05, 4.69) is 10.1 Å². The van der Waals surface area contributed by atoms with E-state index in [0.29, 0.717) is 0 Å². The number of methoxy groups -OCH3 is 1. The molecule has 1 aliphatic carbocycles. The average molecular weight is 183 g/mol. The predicted molar refractivity (Wildman–Crippen MR) is 51.1 cm³/mol. The summed E-state index contributed by atoms with van der Waals surface area (Å²) in [5.74, 6) is 0.682. The Balaban J connectivity index is 1.87. The van der Waals surface area contributed by atoms with E-state index >= 15 is 0 Å². The Morgan fingerprint density at radius 2 is 2.38 bits per heavy atom. The van der Waals surface area contributed by atoms with Crippen LogP contribution in [-0.2, 0) is 9.53 Å². The van der Waals surface area contributed by atoms with Crippen LogP contribution in [0.1, 0.15) is 25.7 Å². The maximum absolute atomic E-state index is 10.6. The van der Waals surface area contributed by atoms with Gasteiger partial charge in [0.2, 0.25) is 0 Å².